The molecule has 96 valence electrons. The van der Waals surface area contributed by atoms with Gasteiger partial charge in [0.15, 0.2) is 0 Å². The summed E-state index contributed by atoms with van der Waals surface area (Å²) >= 11 is 0. The second-order valence-electron chi connectivity index (χ2n) is 4.00. The Hall–Kier alpha value is -2.11. The molecule has 1 amide bonds. The zero-order valence-electron chi connectivity index (χ0n) is 9.51. The van der Waals surface area contributed by atoms with Crippen LogP contribution in [0.4, 0.5) is 14.9 Å². The third-order valence-corrected chi connectivity index (χ3v) is 2.75. The number of ether oxygens (including phenoxy) is 1. The molecule has 1 aliphatic heterocycles. The van der Waals surface area contributed by atoms with Crippen molar-refractivity contribution in [3.05, 3.63) is 30.1 Å². The molecule has 2 rings (SSSR count). The molecule has 0 aromatic heterocycles. The third-order valence-electron chi connectivity index (χ3n) is 2.75. The largest absolute Gasteiger partial charge is 0.481 e. The van der Waals surface area contributed by atoms with Crippen molar-refractivity contribution in [3.63, 3.8) is 0 Å². The second-order valence-corrected chi connectivity index (χ2v) is 4.00. The number of carbonyl (C=O) groups is 2. The maximum Gasteiger partial charge on any atom is 0.414 e. The Morgan fingerprint density at radius 2 is 2.11 bits per heavy atom. The van der Waals surface area contributed by atoms with E-state index in [1.807, 2.05) is 0 Å². The van der Waals surface area contributed by atoms with E-state index in [0.29, 0.717) is 12.1 Å². The number of nitrogens with zero attached hydrogens (tertiary/aromatic N) is 1. The number of carboxylic acids is 1. The Labute approximate surface area is 103 Å². The highest BCUT2D eigenvalue weighted by Gasteiger charge is 2.32. The van der Waals surface area contributed by atoms with Crippen LogP contribution in [0.1, 0.15) is 12.8 Å². The molecule has 1 aliphatic rings. The molecule has 1 unspecified atom stereocenters. The maximum absolute atomic E-state index is 12.8. The van der Waals surface area contributed by atoms with Crippen molar-refractivity contribution in [1.82, 2.24) is 0 Å². The van der Waals surface area contributed by atoms with Gasteiger partial charge >= 0.3 is 12.1 Å². The van der Waals surface area contributed by atoms with E-state index in [9.17, 15) is 14.0 Å². The lowest BCUT2D eigenvalue weighted by atomic mass is 10.1. The van der Waals surface area contributed by atoms with Crippen molar-refractivity contribution >= 4 is 17.7 Å². The molecule has 1 aromatic carbocycles. The minimum absolute atomic E-state index is 0.160. The molecule has 1 aromatic rings. The van der Waals surface area contributed by atoms with Gasteiger partial charge in [0.1, 0.15) is 5.82 Å². The van der Waals surface area contributed by atoms with Crippen LogP contribution >= 0.6 is 0 Å². The summed E-state index contributed by atoms with van der Waals surface area (Å²) in [6.07, 6.45) is -0.318. The minimum Gasteiger partial charge on any atom is -0.481 e. The molecule has 1 N–H and O–H groups in total. The van der Waals surface area contributed by atoms with Crippen molar-refractivity contribution < 1.29 is 23.8 Å². The van der Waals surface area contributed by atoms with Gasteiger partial charge in [0, 0.05) is 12.1 Å². The molecule has 1 atom stereocenters. The Balaban J connectivity index is 2.26. The topological polar surface area (TPSA) is 66.8 Å². The first kappa shape index (κ1) is 12.3. The van der Waals surface area contributed by atoms with Crippen LogP contribution in [0.2, 0.25) is 0 Å². The molecule has 0 aliphatic carbocycles. The fourth-order valence-corrected chi connectivity index (χ4v) is 1.94. The van der Waals surface area contributed by atoms with Crippen LogP contribution in [0.5, 0.6) is 0 Å². The SMILES string of the molecule is O=C(O)CC1CCOC(=O)N1c1ccc(F)cc1. The monoisotopic (exact) mass is 253 g/mol. The molecule has 6 heteroatoms. The number of carboxylic acid groups (broad SMARTS) is 1. The van der Waals surface area contributed by atoms with Crippen LogP contribution in [0.3, 0.4) is 0 Å². The van der Waals surface area contributed by atoms with Crippen LogP contribution < -0.4 is 4.90 Å². The number of halogens is 1. The van der Waals surface area contributed by atoms with Gasteiger partial charge in [0.05, 0.1) is 19.1 Å². The summed E-state index contributed by atoms with van der Waals surface area (Å²) in [4.78, 5) is 23.7. The van der Waals surface area contributed by atoms with E-state index >= 15 is 0 Å². The summed E-state index contributed by atoms with van der Waals surface area (Å²) in [5, 5.41) is 8.82. The summed E-state index contributed by atoms with van der Waals surface area (Å²) in [7, 11) is 0. The molecule has 0 bridgehead atoms. The fourth-order valence-electron chi connectivity index (χ4n) is 1.94. The number of aliphatic carboxylic acids is 1. The average Bonchev–Trinajstić information content (AvgIpc) is 2.30. The first-order valence-corrected chi connectivity index (χ1v) is 5.51. The highest BCUT2D eigenvalue weighted by molar-refractivity contribution is 5.89. The molecule has 0 radical (unpaired) electrons. The highest BCUT2D eigenvalue weighted by atomic mass is 19.1. The van der Waals surface area contributed by atoms with Gasteiger partial charge in [-0.3, -0.25) is 9.69 Å². The first-order chi connectivity index (χ1) is 8.58. The smallest absolute Gasteiger partial charge is 0.414 e. The number of amides is 1. The van der Waals surface area contributed by atoms with E-state index in [2.05, 4.69) is 0 Å². The number of benzene rings is 1. The van der Waals surface area contributed by atoms with Gasteiger partial charge in [0.25, 0.3) is 0 Å². The van der Waals surface area contributed by atoms with Crippen molar-refractivity contribution in [3.8, 4) is 0 Å². The van der Waals surface area contributed by atoms with Crippen LogP contribution in [0, 0.1) is 5.82 Å². The summed E-state index contributed by atoms with van der Waals surface area (Å²) in [5.41, 5.74) is 0.437. The van der Waals surface area contributed by atoms with Gasteiger partial charge in [-0.15, -0.1) is 0 Å². The van der Waals surface area contributed by atoms with E-state index in [-0.39, 0.29) is 13.0 Å². The fraction of sp³-hybridized carbons (Fsp3) is 0.333. The van der Waals surface area contributed by atoms with Crippen LogP contribution in [-0.2, 0) is 9.53 Å². The molecule has 1 heterocycles. The molecule has 0 saturated carbocycles. The van der Waals surface area contributed by atoms with Crippen molar-refractivity contribution in [2.75, 3.05) is 11.5 Å². The van der Waals surface area contributed by atoms with Gasteiger partial charge in [0.2, 0.25) is 0 Å². The zero-order valence-corrected chi connectivity index (χ0v) is 9.51. The Morgan fingerprint density at radius 3 is 2.72 bits per heavy atom. The van der Waals surface area contributed by atoms with Crippen molar-refractivity contribution in [1.29, 1.82) is 0 Å². The van der Waals surface area contributed by atoms with E-state index in [1.54, 1.807) is 0 Å². The Bertz CT molecular complexity index is 460. The average molecular weight is 253 g/mol. The van der Waals surface area contributed by atoms with Crippen molar-refractivity contribution in [2.24, 2.45) is 0 Å². The van der Waals surface area contributed by atoms with E-state index < -0.39 is 23.9 Å². The standard InChI is InChI=1S/C12H12FNO4/c13-8-1-3-9(4-2-8)14-10(7-11(15)16)5-6-18-12(14)17/h1-4,10H,5-7H2,(H,15,16). The summed E-state index contributed by atoms with van der Waals surface area (Å²) < 4.78 is 17.7. The lowest BCUT2D eigenvalue weighted by molar-refractivity contribution is -0.137. The summed E-state index contributed by atoms with van der Waals surface area (Å²) in [5.74, 6) is -1.40. The Kier molecular flexibility index (Phi) is 3.45. The normalized spacial score (nSPS) is 19.5. The predicted molar refractivity (Wildman–Crippen MR) is 60.9 cm³/mol. The van der Waals surface area contributed by atoms with Gasteiger partial charge < -0.3 is 9.84 Å². The van der Waals surface area contributed by atoms with Gasteiger partial charge in [-0.1, -0.05) is 0 Å². The van der Waals surface area contributed by atoms with Gasteiger partial charge in [-0.25, -0.2) is 9.18 Å². The number of carbonyl (C=O) groups excluding carboxylic acids is 1. The lowest BCUT2D eigenvalue weighted by Gasteiger charge is -2.34. The highest BCUT2D eigenvalue weighted by Crippen LogP contribution is 2.25. The van der Waals surface area contributed by atoms with E-state index in [0.717, 1.165) is 0 Å². The van der Waals surface area contributed by atoms with Crippen molar-refractivity contribution in [2.45, 2.75) is 18.9 Å². The van der Waals surface area contributed by atoms with Gasteiger partial charge in [-0.2, -0.15) is 0 Å². The number of cyclic esters (lactones) is 1. The van der Waals surface area contributed by atoms with E-state index in [4.69, 9.17) is 9.84 Å². The maximum atomic E-state index is 12.8. The van der Waals surface area contributed by atoms with E-state index in [1.165, 1.54) is 29.2 Å². The second kappa shape index (κ2) is 5.03. The predicted octanol–water partition coefficient (Wildman–Crippen LogP) is 2.02. The minimum atomic E-state index is -0.984. The van der Waals surface area contributed by atoms with Crippen LogP contribution in [0.15, 0.2) is 24.3 Å². The van der Waals surface area contributed by atoms with Crippen LogP contribution in [0.25, 0.3) is 0 Å². The number of anilines is 1. The molecular formula is C12H12FNO4. The van der Waals surface area contributed by atoms with Gasteiger partial charge in [-0.05, 0) is 24.3 Å². The number of hydrogen-bond acceptors (Lipinski definition) is 3. The van der Waals surface area contributed by atoms with Crippen LogP contribution in [-0.4, -0.2) is 29.8 Å². The molecule has 0 spiro atoms. The number of rotatable bonds is 3. The number of hydrogen-bond donors (Lipinski definition) is 1. The Morgan fingerprint density at radius 1 is 1.44 bits per heavy atom. The molecule has 18 heavy (non-hydrogen) atoms. The zero-order chi connectivity index (χ0) is 13.1. The molecular weight excluding hydrogens is 241 g/mol. The third kappa shape index (κ3) is 2.58. The quantitative estimate of drug-likeness (QED) is 0.894. The molecule has 5 nitrogen and oxygen atoms in total. The summed E-state index contributed by atoms with van der Waals surface area (Å²) in [6.45, 7) is 0.203. The lowest BCUT2D eigenvalue weighted by Crippen LogP contribution is -2.46. The molecule has 1 fully saturated rings. The summed E-state index contributed by atoms with van der Waals surface area (Å²) in [6, 6.07) is 4.83. The first-order valence-electron chi connectivity index (χ1n) is 5.51. The molecule has 1 saturated heterocycles.